The number of nitro groups is 1. The molecule has 0 bridgehead atoms. The summed E-state index contributed by atoms with van der Waals surface area (Å²) in [5, 5.41) is 16.3. The van der Waals surface area contributed by atoms with Crippen molar-refractivity contribution in [1.29, 1.82) is 0 Å². The highest BCUT2D eigenvalue weighted by Crippen LogP contribution is 2.38. The van der Waals surface area contributed by atoms with E-state index in [9.17, 15) is 36.5 Å². The lowest BCUT2D eigenvalue weighted by atomic mass is 10.2. The number of nitrogens with one attached hydrogen (secondary N) is 2. The van der Waals surface area contributed by atoms with Gasteiger partial charge >= 0.3 is 18.0 Å². The van der Waals surface area contributed by atoms with Crippen LogP contribution in [0.5, 0.6) is 0 Å². The Balaban J connectivity index is 1.96. The van der Waals surface area contributed by atoms with Gasteiger partial charge in [0, 0.05) is 5.69 Å². The molecule has 0 amide bonds. The molecule has 1 aromatic heterocycles. The minimum atomic E-state index is -4.69. The highest BCUT2D eigenvalue weighted by molar-refractivity contribution is 6.33. The summed E-state index contributed by atoms with van der Waals surface area (Å²) in [4.78, 5) is 18.1. The van der Waals surface area contributed by atoms with Gasteiger partial charge in [0.05, 0.1) is 26.8 Å². The Bertz CT molecular complexity index is 1150. The first-order valence-electron chi connectivity index (χ1n) is 8.43. The Hall–Kier alpha value is -3.61. The van der Waals surface area contributed by atoms with Crippen molar-refractivity contribution in [3.63, 3.8) is 0 Å². The predicted octanol–water partition coefficient (Wildman–Crippen LogP) is 6.56. The number of rotatable bonds is 5. The summed E-state index contributed by atoms with van der Waals surface area (Å²) in [7, 11) is 0. The van der Waals surface area contributed by atoms with Crippen molar-refractivity contribution in [1.82, 2.24) is 9.97 Å². The van der Waals surface area contributed by atoms with Gasteiger partial charge < -0.3 is 10.6 Å². The Morgan fingerprint density at radius 2 is 1.38 bits per heavy atom. The molecular weight excluding hydrogens is 468 g/mol. The van der Waals surface area contributed by atoms with Gasteiger partial charge in [0.1, 0.15) is 6.33 Å². The largest absolute Gasteiger partial charge is 0.416 e. The molecule has 32 heavy (non-hydrogen) atoms. The molecule has 0 atom stereocenters. The molecular formula is C18H10ClF6N5O2. The zero-order valence-electron chi connectivity index (χ0n) is 15.4. The number of nitrogens with zero attached hydrogens (tertiary/aromatic N) is 3. The van der Waals surface area contributed by atoms with Crippen molar-refractivity contribution in [2.75, 3.05) is 10.6 Å². The van der Waals surface area contributed by atoms with E-state index in [1.54, 1.807) is 0 Å². The first-order valence-corrected chi connectivity index (χ1v) is 8.81. The molecule has 0 aliphatic heterocycles. The molecule has 168 valence electrons. The molecule has 2 N–H and O–H groups in total. The molecule has 14 heteroatoms. The van der Waals surface area contributed by atoms with Gasteiger partial charge in [0.2, 0.25) is 11.6 Å². The minimum Gasteiger partial charge on any atom is -0.334 e. The third kappa shape index (κ3) is 5.17. The number of anilines is 4. The maximum Gasteiger partial charge on any atom is 0.416 e. The van der Waals surface area contributed by atoms with Crippen molar-refractivity contribution >= 4 is 40.3 Å². The Morgan fingerprint density at radius 1 is 0.844 bits per heavy atom. The van der Waals surface area contributed by atoms with E-state index in [0.29, 0.717) is 6.07 Å². The zero-order valence-corrected chi connectivity index (χ0v) is 16.2. The van der Waals surface area contributed by atoms with Crippen LogP contribution >= 0.6 is 11.6 Å². The number of hydrogen-bond donors (Lipinski definition) is 2. The van der Waals surface area contributed by atoms with Crippen LogP contribution in [0.25, 0.3) is 0 Å². The number of hydrogen-bond acceptors (Lipinski definition) is 6. The van der Waals surface area contributed by atoms with E-state index < -0.39 is 45.7 Å². The summed E-state index contributed by atoms with van der Waals surface area (Å²) in [5.74, 6) is -0.893. The molecule has 1 heterocycles. The second-order valence-electron chi connectivity index (χ2n) is 6.19. The minimum absolute atomic E-state index is 0.0443. The van der Waals surface area contributed by atoms with Crippen LogP contribution in [-0.2, 0) is 12.4 Å². The maximum atomic E-state index is 13.0. The van der Waals surface area contributed by atoms with E-state index >= 15 is 0 Å². The summed E-state index contributed by atoms with van der Waals surface area (Å²) in [6, 6.07) is 5.93. The zero-order chi connectivity index (χ0) is 23.7. The monoisotopic (exact) mass is 477 g/mol. The molecule has 0 aliphatic rings. The molecule has 0 saturated carbocycles. The van der Waals surface area contributed by atoms with E-state index in [2.05, 4.69) is 20.6 Å². The third-order valence-electron chi connectivity index (χ3n) is 4.03. The summed E-state index contributed by atoms with van der Waals surface area (Å²) < 4.78 is 77.0. The van der Waals surface area contributed by atoms with Gasteiger partial charge in [-0.25, -0.2) is 9.97 Å². The summed E-state index contributed by atoms with van der Waals surface area (Å²) in [6.45, 7) is 0. The van der Waals surface area contributed by atoms with Gasteiger partial charge in [-0.15, -0.1) is 0 Å². The molecule has 2 aromatic carbocycles. The van der Waals surface area contributed by atoms with Gasteiger partial charge in [-0.2, -0.15) is 26.3 Å². The topological polar surface area (TPSA) is 93.0 Å². The van der Waals surface area contributed by atoms with Crippen LogP contribution in [0.4, 0.5) is 55.0 Å². The summed E-state index contributed by atoms with van der Waals surface area (Å²) in [6.07, 6.45) is -8.38. The molecule has 0 radical (unpaired) electrons. The molecule has 7 nitrogen and oxygen atoms in total. The first-order chi connectivity index (χ1) is 14.9. The van der Waals surface area contributed by atoms with Crippen LogP contribution in [0.15, 0.2) is 48.8 Å². The van der Waals surface area contributed by atoms with Crippen LogP contribution in [-0.4, -0.2) is 14.9 Å². The molecule has 3 aromatic rings. The molecule has 0 aliphatic carbocycles. The van der Waals surface area contributed by atoms with E-state index in [-0.39, 0.29) is 16.4 Å². The predicted molar refractivity (Wildman–Crippen MR) is 103 cm³/mol. The van der Waals surface area contributed by atoms with Crippen molar-refractivity contribution in [2.24, 2.45) is 0 Å². The lowest BCUT2D eigenvalue weighted by molar-refractivity contribution is -0.383. The quantitative estimate of drug-likeness (QED) is 0.245. The lowest BCUT2D eigenvalue weighted by Gasteiger charge is -2.13. The highest BCUT2D eigenvalue weighted by Gasteiger charge is 2.32. The molecule has 3 rings (SSSR count). The fraction of sp³-hybridized carbons (Fsp3) is 0.111. The third-order valence-corrected chi connectivity index (χ3v) is 4.36. The fourth-order valence-corrected chi connectivity index (χ4v) is 2.70. The SMILES string of the molecule is O=[N+]([O-])c1c(Nc2ccc(C(F)(F)F)cc2)ncnc1Nc1cc(C(F)(F)F)ccc1Cl. The maximum absolute atomic E-state index is 13.0. The van der Waals surface area contributed by atoms with Crippen molar-refractivity contribution in [3.8, 4) is 0 Å². The van der Waals surface area contributed by atoms with Gasteiger partial charge in [-0.3, -0.25) is 10.1 Å². The van der Waals surface area contributed by atoms with E-state index in [4.69, 9.17) is 11.6 Å². The number of benzene rings is 2. The number of alkyl halides is 6. The first kappa shape index (κ1) is 23.1. The van der Waals surface area contributed by atoms with E-state index in [0.717, 1.165) is 42.7 Å². The van der Waals surface area contributed by atoms with E-state index in [1.807, 2.05) is 0 Å². The second kappa shape index (κ2) is 8.49. The van der Waals surface area contributed by atoms with Crippen LogP contribution in [0, 0.1) is 10.1 Å². The van der Waals surface area contributed by atoms with Crippen LogP contribution in [0.3, 0.4) is 0 Å². The van der Waals surface area contributed by atoms with Crippen LogP contribution < -0.4 is 10.6 Å². The average molecular weight is 478 g/mol. The van der Waals surface area contributed by atoms with Crippen molar-refractivity contribution in [3.05, 3.63) is 75.1 Å². The molecule has 0 unspecified atom stereocenters. The second-order valence-corrected chi connectivity index (χ2v) is 6.60. The number of aromatic nitrogens is 2. The Kier molecular flexibility index (Phi) is 6.12. The number of halogens is 7. The smallest absolute Gasteiger partial charge is 0.334 e. The average Bonchev–Trinajstić information content (AvgIpc) is 2.68. The summed E-state index contributed by atoms with van der Waals surface area (Å²) in [5.41, 5.74) is -3.00. The molecule has 0 spiro atoms. The Labute approximate surface area is 180 Å². The molecule has 0 saturated heterocycles. The lowest BCUT2D eigenvalue weighted by Crippen LogP contribution is -2.08. The highest BCUT2D eigenvalue weighted by atomic mass is 35.5. The van der Waals surface area contributed by atoms with Crippen LogP contribution in [0.2, 0.25) is 5.02 Å². The normalized spacial score (nSPS) is 11.8. The summed E-state index contributed by atoms with van der Waals surface area (Å²) >= 11 is 5.90. The van der Waals surface area contributed by atoms with Gasteiger partial charge in [0.25, 0.3) is 0 Å². The van der Waals surface area contributed by atoms with Crippen LogP contribution in [0.1, 0.15) is 11.1 Å². The fourth-order valence-electron chi connectivity index (χ4n) is 2.54. The van der Waals surface area contributed by atoms with Gasteiger partial charge in [-0.1, -0.05) is 11.6 Å². The Morgan fingerprint density at radius 3 is 1.91 bits per heavy atom. The standard InChI is InChI=1S/C18H10ClF6N5O2/c19-12-6-3-10(18(23,24)25)7-13(12)29-16-14(30(31)32)15(26-8-27-16)28-11-4-1-9(2-5-11)17(20,21)22/h1-8H,(H2,26,27,28,29). The van der Waals surface area contributed by atoms with Crippen molar-refractivity contribution < 1.29 is 31.3 Å². The molecule has 0 fully saturated rings. The van der Waals surface area contributed by atoms with Crippen molar-refractivity contribution in [2.45, 2.75) is 12.4 Å². The van der Waals surface area contributed by atoms with Gasteiger partial charge in [-0.05, 0) is 42.5 Å². The van der Waals surface area contributed by atoms with Gasteiger partial charge in [0.15, 0.2) is 0 Å². The van der Waals surface area contributed by atoms with E-state index in [1.165, 1.54) is 0 Å².